The van der Waals surface area contributed by atoms with Gasteiger partial charge in [-0.05, 0) is 28.0 Å². The maximum Gasteiger partial charge on any atom is 0.224 e. The van der Waals surface area contributed by atoms with E-state index in [1.165, 1.54) is 17.5 Å². The Hall–Kier alpha value is -2.24. The Morgan fingerprint density at radius 2 is 2.11 bits per heavy atom. The molecule has 1 amide bonds. The van der Waals surface area contributed by atoms with Gasteiger partial charge in [0.15, 0.2) is 0 Å². The van der Waals surface area contributed by atoms with Gasteiger partial charge < -0.3 is 4.90 Å². The fourth-order valence-corrected chi connectivity index (χ4v) is 2.36. The van der Waals surface area contributed by atoms with Crippen LogP contribution in [0, 0.1) is 0 Å². The lowest BCUT2D eigenvalue weighted by Crippen LogP contribution is -2.36. The highest BCUT2D eigenvalue weighted by Crippen LogP contribution is 2.18. The topological polar surface area (TPSA) is 63.9 Å². The Morgan fingerprint density at radius 1 is 1.26 bits per heavy atom. The van der Waals surface area contributed by atoms with Gasteiger partial charge in [0.2, 0.25) is 5.91 Å². The first-order valence-electron chi connectivity index (χ1n) is 6.38. The Kier molecular flexibility index (Phi) is 3.22. The molecule has 0 fully saturated rings. The zero-order valence-electron chi connectivity index (χ0n) is 10.6. The SMILES string of the molecule is O=C(CCn1cnnn1)N1CCc2ccccc2C1. The molecule has 0 atom stereocenters. The Balaban J connectivity index is 1.60. The molecule has 1 aromatic carbocycles. The highest BCUT2D eigenvalue weighted by atomic mass is 16.2. The summed E-state index contributed by atoms with van der Waals surface area (Å²) in [4.78, 5) is 14.1. The molecule has 0 spiro atoms. The first kappa shape index (κ1) is 11.8. The second kappa shape index (κ2) is 5.17. The van der Waals surface area contributed by atoms with E-state index in [4.69, 9.17) is 0 Å². The van der Waals surface area contributed by atoms with Crippen molar-refractivity contribution in [3.05, 3.63) is 41.7 Å². The molecule has 2 heterocycles. The van der Waals surface area contributed by atoms with E-state index in [9.17, 15) is 4.79 Å². The Labute approximate surface area is 111 Å². The number of carbonyl (C=O) groups excluding carboxylic acids is 1. The summed E-state index contributed by atoms with van der Waals surface area (Å²) in [7, 11) is 0. The number of benzene rings is 1. The number of aryl methyl sites for hydroxylation is 1. The molecule has 3 rings (SSSR count). The van der Waals surface area contributed by atoms with E-state index < -0.39 is 0 Å². The monoisotopic (exact) mass is 257 g/mol. The van der Waals surface area contributed by atoms with Crippen LogP contribution in [0.15, 0.2) is 30.6 Å². The molecule has 1 aliphatic rings. The summed E-state index contributed by atoms with van der Waals surface area (Å²) >= 11 is 0. The number of nitrogens with zero attached hydrogens (tertiary/aromatic N) is 5. The summed E-state index contributed by atoms with van der Waals surface area (Å²) in [6.45, 7) is 2.04. The Morgan fingerprint density at radius 3 is 2.89 bits per heavy atom. The average Bonchev–Trinajstić information content (AvgIpc) is 2.97. The fourth-order valence-electron chi connectivity index (χ4n) is 2.36. The molecule has 1 aliphatic heterocycles. The van der Waals surface area contributed by atoms with Crippen molar-refractivity contribution in [2.75, 3.05) is 6.54 Å². The van der Waals surface area contributed by atoms with E-state index in [1.54, 1.807) is 4.68 Å². The molecule has 19 heavy (non-hydrogen) atoms. The summed E-state index contributed by atoms with van der Waals surface area (Å²) in [5, 5.41) is 10.9. The molecule has 0 saturated heterocycles. The van der Waals surface area contributed by atoms with Crippen LogP contribution in [0.4, 0.5) is 0 Å². The van der Waals surface area contributed by atoms with Crippen molar-refractivity contribution < 1.29 is 4.79 Å². The van der Waals surface area contributed by atoms with Gasteiger partial charge in [0.1, 0.15) is 6.33 Å². The van der Waals surface area contributed by atoms with Gasteiger partial charge in [0.05, 0.1) is 6.54 Å². The standard InChI is InChI=1S/C13H15N5O/c19-13(6-8-18-10-14-15-16-18)17-7-5-11-3-1-2-4-12(11)9-17/h1-4,10H,5-9H2. The normalized spacial score (nSPS) is 14.2. The second-order valence-corrected chi connectivity index (χ2v) is 4.66. The zero-order valence-corrected chi connectivity index (χ0v) is 10.6. The largest absolute Gasteiger partial charge is 0.338 e. The number of rotatable bonds is 3. The molecule has 0 saturated carbocycles. The first-order valence-corrected chi connectivity index (χ1v) is 6.38. The van der Waals surface area contributed by atoms with Gasteiger partial charge >= 0.3 is 0 Å². The van der Waals surface area contributed by atoms with Crippen molar-refractivity contribution in [1.82, 2.24) is 25.1 Å². The van der Waals surface area contributed by atoms with Crippen molar-refractivity contribution in [3.8, 4) is 0 Å². The third-order valence-corrected chi connectivity index (χ3v) is 3.43. The van der Waals surface area contributed by atoms with Crippen LogP contribution in [-0.4, -0.2) is 37.6 Å². The third kappa shape index (κ3) is 2.62. The maximum absolute atomic E-state index is 12.1. The minimum absolute atomic E-state index is 0.157. The van der Waals surface area contributed by atoms with Crippen molar-refractivity contribution in [1.29, 1.82) is 0 Å². The Bertz CT molecular complexity index is 566. The number of fused-ring (bicyclic) bond motifs is 1. The predicted octanol–water partition coefficient (Wildman–Crippen LogP) is 0.648. The minimum atomic E-state index is 0.157. The van der Waals surface area contributed by atoms with E-state index in [0.717, 1.165) is 13.0 Å². The predicted molar refractivity (Wildman–Crippen MR) is 68.0 cm³/mol. The van der Waals surface area contributed by atoms with E-state index in [0.29, 0.717) is 19.5 Å². The summed E-state index contributed by atoms with van der Waals surface area (Å²) in [6, 6.07) is 8.30. The number of hydrogen-bond acceptors (Lipinski definition) is 4. The van der Waals surface area contributed by atoms with Crippen LogP contribution in [0.1, 0.15) is 17.5 Å². The molecular weight excluding hydrogens is 242 g/mol. The number of carbonyl (C=O) groups is 1. The lowest BCUT2D eigenvalue weighted by molar-refractivity contribution is -0.132. The lowest BCUT2D eigenvalue weighted by Gasteiger charge is -2.28. The number of aromatic nitrogens is 4. The highest BCUT2D eigenvalue weighted by molar-refractivity contribution is 5.76. The molecule has 0 unspecified atom stereocenters. The minimum Gasteiger partial charge on any atom is -0.338 e. The quantitative estimate of drug-likeness (QED) is 0.809. The summed E-state index contributed by atoms with van der Waals surface area (Å²) in [6.07, 6.45) is 2.90. The van der Waals surface area contributed by atoms with Gasteiger partial charge in [-0.25, -0.2) is 4.68 Å². The molecule has 0 N–H and O–H groups in total. The number of hydrogen-bond donors (Lipinski definition) is 0. The molecular formula is C13H15N5O. The molecule has 1 aromatic heterocycles. The molecule has 0 bridgehead atoms. The first-order chi connectivity index (χ1) is 9.33. The van der Waals surface area contributed by atoms with Gasteiger partial charge in [0, 0.05) is 19.5 Å². The zero-order chi connectivity index (χ0) is 13.1. The van der Waals surface area contributed by atoms with Gasteiger partial charge in [0.25, 0.3) is 0 Å². The third-order valence-electron chi connectivity index (χ3n) is 3.43. The van der Waals surface area contributed by atoms with Crippen LogP contribution in [0.3, 0.4) is 0 Å². The van der Waals surface area contributed by atoms with E-state index in [2.05, 4.69) is 27.7 Å². The van der Waals surface area contributed by atoms with Crippen LogP contribution in [0.2, 0.25) is 0 Å². The van der Waals surface area contributed by atoms with Crippen LogP contribution >= 0.6 is 0 Å². The molecule has 0 aliphatic carbocycles. The maximum atomic E-state index is 12.1. The molecule has 0 radical (unpaired) electrons. The summed E-state index contributed by atoms with van der Waals surface area (Å²) in [5.74, 6) is 0.157. The lowest BCUT2D eigenvalue weighted by atomic mass is 10.00. The highest BCUT2D eigenvalue weighted by Gasteiger charge is 2.19. The molecule has 2 aromatic rings. The summed E-state index contributed by atoms with van der Waals surface area (Å²) < 4.78 is 1.58. The van der Waals surface area contributed by atoms with Gasteiger partial charge in [-0.2, -0.15) is 0 Å². The van der Waals surface area contributed by atoms with Crippen molar-refractivity contribution in [2.45, 2.75) is 25.9 Å². The fraction of sp³-hybridized carbons (Fsp3) is 0.385. The van der Waals surface area contributed by atoms with E-state index >= 15 is 0 Å². The van der Waals surface area contributed by atoms with Crippen molar-refractivity contribution >= 4 is 5.91 Å². The van der Waals surface area contributed by atoms with E-state index in [-0.39, 0.29) is 5.91 Å². The van der Waals surface area contributed by atoms with Crippen LogP contribution in [-0.2, 0) is 24.3 Å². The van der Waals surface area contributed by atoms with Crippen molar-refractivity contribution in [3.63, 3.8) is 0 Å². The van der Waals surface area contributed by atoms with Crippen molar-refractivity contribution in [2.24, 2.45) is 0 Å². The van der Waals surface area contributed by atoms with Crippen LogP contribution in [0.5, 0.6) is 0 Å². The summed E-state index contributed by atoms with van der Waals surface area (Å²) in [5.41, 5.74) is 2.61. The second-order valence-electron chi connectivity index (χ2n) is 4.66. The van der Waals surface area contributed by atoms with E-state index in [1.807, 2.05) is 17.0 Å². The number of amides is 1. The molecule has 98 valence electrons. The smallest absolute Gasteiger partial charge is 0.224 e. The molecule has 6 nitrogen and oxygen atoms in total. The van der Waals surface area contributed by atoms with Gasteiger partial charge in [-0.1, -0.05) is 24.3 Å². The van der Waals surface area contributed by atoms with Gasteiger partial charge in [-0.3, -0.25) is 4.79 Å². The molecule has 6 heteroatoms. The average molecular weight is 257 g/mol. The van der Waals surface area contributed by atoms with Gasteiger partial charge in [-0.15, -0.1) is 5.10 Å². The van der Waals surface area contributed by atoms with Crippen LogP contribution < -0.4 is 0 Å². The van der Waals surface area contributed by atoms with Crippen LogP contribution in [0.25, 0.3) is 0 Å². The number of tetrazole rings is 1.